The number of halogens is 3. The number of carbonyl (C=O) groups excluding carboxylic acids is 1. The summed E-state index contributed by atoms with van der Waals surface area (Å²) in [6.45, 7) is 7.80. The molecule has 2 saturated heterocycles. The van der Waals surface area contributed by atoms with Gasteiger partial charge in [0, 0.05) is 39.8 Å². The number of likely N-dealkylation sites (tertiary alicyclic amines) is 2. The Bertz CT molecular complexity index is 455. The van der Waals surface area contributed by atoms with Gasteiger partial charge in [-0.1, -0.05) is 13.8 Å². The molecule has 6 nitrogen and oxygen atoms in total. The fourth-order valence-corrected chi connectivity index (χ4v) is 3.27. The molecule has 2 heterocycles. The lowest BCUT2D eigenvalue weighted by atomic mass is 10.1. The number of carboxylic acids is 1. The summed E-state index contributed by atoms with van der Waals surface area (Å²) in [4.78, 5) is 27.3. The molecule has 0 unspecified atom stereocenters. The van der Waals surface area contributed by atoms with Crippen molar-refractivity contribution < 1.29 is 27.9 Å². The fraction of sp³-hybridized carbons (Fsp3) is 0.867. The second-order valence-electron chi connectivity index (χ2n) is 6.77. The maximum atomic E-state index is 12.0. The third-order valence-corrected chi connectivity index (χ3v) is 4.16. The molecule has 2 amide bonds. The molecular formula is C15H26F3N3O3. The molecular weight excluding hydrogens is 327 g/mol. The largest absolute Gasteiger partial charge is 0.490 e. The molecule has 2 aliphatic heterocycles. The predicted octanol–water partition coefficient (Wildman–Crippen LogP) is 2.11. The van der Waals surface area contributed by atoms with Gasteiger partial charge < -0.3 is 14.9 Å². The van der Waals surface area contributed by atoms with Crippen LogP contribution in [0.4, 0.5) is 18.0 Å². The van der Waals surface area contributed by atoms with E-state index in [4.69, 9.17) is 9.90 Å². The molecule has 1 N–H and O–H groups in total. The second kappa shape index (κ2) is 8.04. The van der Waals surface area contributed by atoms with Gasteiger partial charge in [0.1, 0.15) is 0 Å². The van der Waals surface area contributed by atoms with E-state index in [1.54, 1.807) is 4.90 Å². The topological polar surface area (TPSA) is 64.1 Å². The van der Waals surface area contributed by atoms with Crippen molar-refractivity contribution in [2.75, 3.05) is 33.7 Å². The van der Waals surface area contributed by atoms with Crippen LogP contribution in [0.25, 0.3) is 0 Å². The first-order valence-electron chi connectivity index (χ1n) is 7.97. The van der Waals surface area contributed by atoms with Crippen molar-refractivity contribution in [2.24, 2.45) is 5.92 Å². The zero-order chi connectivity index (χ0) is 18.7. The minimum absolute atomic E-state index is 0.184. The van der Waals surface area contributed by atoms with E-state index in [1.165, 1.54) is 6.54 Å². The van der Waals surface area contributed by atoms with Crippen molar-refractivity contribution >= 4 is 12.0 Å². The number of alkyl halides is 3. The van der Waals surface area contributed by atoms with Crippen LogP contribution in [0, 0.1) is 5.92 Å². The van der Waals surface area contributed by atoms with Crippen LogP contribution in [0.2, 0.25) is 0 Å². The lowest BCUT2D eigenvalue weighted by Gasteiger charge is -2.28. The first kappa shape index (κ1) is 20.5. The summed E-state index contributed by atoms with van der Waals surface area (Å²) >= 11 is 0. The highest BCUT2D eigenvalue weighted by molar-refractivity contribution is 5.74. The van der Waals surface area contributed by atoms with Crippen molar-refractivity contribution in [1.82, 2.24) is 14.7 Å². The Morgan fingerprint density at radius 2 is 1.67 bits per heavy atom. The molecule has 0 aromatic rings. The summed E-state index contributed by atoms with van der Waals surface area (Å²) in [5, 5.41) is 7.12. The Hall–Kier alpha value is -1.51. The number of carboxylic acid groups (broad SMARTS) is 1. The third kappa shape index (κ3) is 5.25. The average molecular weight is 353 g/mol. The van der Waals surface area contributed by atoms with Gasteiger partial charge in [-0.25, -0.2) is 9.59 Å². The highest BCUT2D eigenvalue weighted by Gasteiger charge is 2.44. The molecule has 24 heavy (non-hydrogen) atoms. The monoisotopic (exact) mass is 353 g/mol. The van der Waals surface area contributed by atoms with Crippen LogP contribution in [0.5, 0.6) is 0 Å². The van der Waals surface area contributed by atoms with Crippen LogP contribution in [-0.4, -0.2) is 83.8 Å². The number of aliphatic carboxylic acids is 1. The number of urea groups is 1. The summed E-state index contributed by atoms with van der Waals surface area (Å²) in [5.41, 5.74) is 0. The molecule has 2 atom stereocenters. The van der Waals surface area contributed by atoms with E-state index in [9.17, 15) is 18.0 Å². The predicted molar refractivity (Wildman–Crippen MR) is 82.7 cm³/mol. The smallest absolute Gasteiger partial charge is 0.475 e. The zero-order valence-corrected chi connectivity index (χ0v) is 14.5. The van der Waals surface area contributed by atoms with Crippen LogP contribution in [-0.2, 0) is 4.79 Å². The molecule has 0 bridgehead atoms. The number of hydrogen-bond acceptors (Lipinski definition) is 3. The maximum absolute atomic E-state index is 12.0. The van der Waals surface area contributed by atoms with E-state index in [2.05, 4.69) is 23.6 Å². The maximum Gasteiger partial charge on any atom is 0.490 e. The van der Waals surface area contributed by atoms with Gasteiger partial charge in [0.25, 0.3) is 0 Å². The highest BCUT2D eigenvalue weighted by Crippen LogP contribution is 2.32. The van der Waals surface area contributed by atoms with Gasteiger partial charge in [0.2, 0.25) is 0 Å². The lowest BCUT2D eigenvalue weighted by Crippen LogP contribution is -2.44. The number of hydrogen-bond donors (Lipinski definition) is 1. The van der Waals surface area contributed by atoms with Gasteiger partial charge in [-0.2, -0.15) is 13.2 Å². The van der Waals surface area contributed by atoms with Gasteiger partial charge in [-0.15, -0.1) is 0 Å². The minimum Gasteiger partial charge on any atom is -0.475 e. The Kier molecular flexibility index (Phi) is 6.88. The molecule has 0 spiro atoms. The molecule has 2 rings (SSSR count). The van der Waals surface area contributed by atoms with Crippen LogP contribution in [0.1, 0.15) is 26.7 Å². The molecule has 9 heteroatoms. The van der Waals surface area contributed by atoms with E-state index in [0.717, 1.165) is 25.9 Å². The molecule has 0 aromatic heterocycles. The second-order valence-corrected chi connectivity index (χ2v) is 6.77. The first-order chi connectivity index (χ1) is 10.9. The molecule has 2 fully saturated rings. The lowest BCUT2D eigenvalue weighted by molar-refractivity contribution is -0.192. The van der Waals surface area contributed by atoms with Crippen LogP contribution >= 0.6 is 0 Å². The number of amides is 2. The van der Waals surface area contributed by atoms with Gasteiger partial charge >= 0.3 is 18.2 Å². The third-order valence-electron chi connectivity index (χ3n) is 4.16. The summed E-state index contributed by atoms with van der Waals surface area (Å²) in [5.74, 6) is -2.04. The summed E-state index contributed by atoms with van der Waals surface area (Å²) in [7, 11) is 3.69. The average Bonchev–Trinajstić information content (AvgIpc) is 3.00. The van der Waals surface area contributed by atoms with Crippen LogP contribution < -0.4 is 0 Å². The van der Waals surface area contributed by atoms with Crippen molar-refractivity contribution in [3.05, 3.63) is 0 Å². The Morgan fingerprint density at radius 3 is 2.08 bits per heavy atom. The standard InChI is InChI=1S/C13H25N3O.C2HF3O2/c1-10(2)9-15-7-5-12-11(15)6-8-16(12)13(17)14(3)4;3-2(4,5)1(6)7/h10-12H,5-9H2,1-4H3;(H,6,7)/t11-,12+;/m0./s1. The van der Waals surface area contributed by atoms with Crippen molar-refractivity contribution in [3.8, 4) is 0 Å². The van der Waals surface area contributed by atoms with E-state index < -0.39 is 12.1 Å². The summed E-state index contributed by atoms with van der Waals surface area (Å²) < 4.78 is 31.7. The van der Waals surface area contributed by atoms with Crippen molar-refractivity contribution in [3.63, 3.8) is 0 Å². The quantitative estimate of drug-likeness (QED) is 0.826. The molecule has 0 saturated carbocycles. The number of fused-ring (bicyclic) bond motifs is 1. The summed E-state index contributed by atoms with van der Waals surface area (Å²) in [6, 6.07) is 1.26. The van der Waals surface area contributed by atoms with Gasteiger partial charge in [0.05, 0.1) is 6.04 Å². The van der Waals surface area contributed by atoms with Gasteiger partial charge in [0.15, 0.2) is 0 Å². The zero-order valence-electron chi connectivity index (χ0n) is 14.5. The molecule has 2 aliphatic rings. The highest BCUT2D eigenvalue weighted by atomic mass is 19.4. The van der Waals surface area contributed by atoms with E-state index >= 15 is 0 Å². The Balaban J connectivity index is 0.000000351. The molecule has 140 valence electrons. The van der Waals surface area contributed by atoms with Crippen molar-refractivity contribution in [2.45, 2.75) is 44.9 Å². The van der Waals surface area contributed by atoms with Crippen LogP contribution in [0.15, 0.2) is 0 Å². The number of nitrogens with zero attached hydrogens (tertiary/aromatic N) is 3. The SMILES string of the molecule is CC(C)CN1CC[C@@H]2[C@@H]1CCN2C(=O)N(C)C.O=C(O)C(F)(F)F. The Labute approximate surface area is 140 Å². The first-order valence-corrected chi connectivity index (χ1v) is 7.97. The van der Waals surface area contributed by atoms with E-state index in [1.807, 2.05) is 14.1 Å². The normalized spacial score (nSPS) is 23.8. The van der Waals surface area contributed by atoms with Gasteiger partial charge in [-0.3, -0.25) is 4.90 Å². The summed E-state index contributed by atoms with van der Waals surface area (Å²) in [6.07, 6.45) is -2.78. The van der Waals surface area contributed by atoms with Crippen molar-refractivity contribution in [1.29, 1.82) is 0 Å². The minimum atomic E-state index is -5.08. The molecule has 0 aromatic carbocycles. The number of rotatable bonds is 2. The molecule has 0 aliphatic carbocycles. The van der Waals surface area contributed by atoms with Crippen LogP contribution in [0.3, 0.4) is 0 Å². The van der Waals surface area contributed by atoms with E-state index in [-0.39, 0.29) is 6.03 Å². The van der Waals surface area contributed by atoms with E-state index in [0.29, 0.717) is 18.0 Å². The fourth-order valence-electron chi connectivity index (χ4n) is 3.27. The Morgan fingerprint density at radius 1 is 1.17 bits per heavy atom. The molecule has 0 radical (unpaired) electrons. The number of carbonyl (C=O) groups is 2. The van der Waals surface area contributed by atoms with Gasteiger partial charge in [-0.05, 0) is 18.8 Å².